The summed E-state index contributed by atoms with van der Waals surface area (Å²) in [5.74, 6) is 0.932. The van der Waals surface area contributed by atoms with E-state index in [2.05, 4.69) is 0 Å². The number of anilines is 1. The van der Waals surface area contributed by atoms with Gasteiger partial charge in [-0.1, -0.05) is 18.2 Å². The third-order valence-corrected chi connectivity index (χ3v) is 5.89. The van der Waals surface area contributed by atoms with Crippen molar-refractivity contribution in [3.63, 3.8) is 0 Å². The third kappa shape index (κ3) is 4.65. The van der Waals surface area contributed by atoms with Gasteiger partial charge >= 0.3 is 0 Å². The van der Waals surface area contributed by atoms with E-state index in [0.717, 1.165) is 5.75 Å². The summed E-state index contributed by atoms with van der Waals surface area (Å²) in [6.07, 6.45) is 1.73. The minimum atomic E-state index is -0.204. The summed E-state index contributed by atoms with van der Waals surface area (Å²) in [7, 11) is 4.52. The van der Waals surface area contributed by atoms with Crippen LogP contribution >= 0.6 is 11.8 Å². The second-order valence-electron chi connectivity index (χ2n) is 6.95. The number of amides is 1. The van der Waals surface area contributed by atoms with Gasteiger partial charge in [-0.05, 0) is 71.9 Å². The fourth-order valence-electron chi connectivity index (χ4n) is 3.27. The second kappa shape index (κ2) is 9.70. The number of thioether (sulfide) groups is 1. The van der Waals surface area contributed by atoms with Crippen molar-refractivity contribution < 1.29 is 24.1 Å². The summed E-state index contributed by atoms with van der Waals surface area (Å²) in [5.41, 5.74) is 2.06. The lowest BCUT2D eigenvalue weighted by molar-refractivity contribution is -0.113. The first-order valence-corrected chi connectivity index (χ1v) is 10.8. The Morgan fingerprint density at radius 2 is 1.55 bits per heavy atom. The first-order valence-electron chi connectivity index (χ1n) is 10.0. The van der Waals surface area contributed by atoms with Crippen LogP contribution in [0.3, 0.4) is 0 Å². The van der Waals surface area contributed by atoms with Gasteiger partial charge in [0, 0.05) is 0 Å². The van der Waals surface area contributed by atoms with Crippen LogP contribution in [0.4, 0.5) is 11.4 Å². The van der Waals surface area contributed by atoms with Crippen molar-refractivity contribution >= 4 is 40.3 Å². The molecule has 0 saturated carbocycles. The average molecular weight is 463 g/mol. The molecule has 0 aliphatic carbocycles. The highest BCUT2D eigenvalue weighted by Crippen LogP contribution is 2.41. The standard InChI is InChI=1S/C25H22N2O5S/c1-30-19-11-9-17(10-12-19)26-25-27(18-7-5-4-6-8-18)24(29)22(33-25)15-16-13-20(31-2)23(28)21(14-16)32-3/h4-15,28H,1-3H3. The number of nitrogens with zero attached hydrogens (tertiary/aromatic N) is 2. The number of phenols is 1. The molecule has 1 saturated heterocycles. The minimum Gasteiger partial charge on any atom is -0.502 e. The Morgan fingerprint density at radius 3 is 2.12 bits per heavy atom. The number of para-hydroxylation sites is 1. The summed E-state index contributed by atoms with van der Waals surface area (Å²) in [5, 5.41) is 10.7. The highest BCUT2D eigenvalue weighted by molar-refractivity contribution is 8.19. The molecule has 1 amide bonds. The molecular weight excluding hydrogens is 440 g/mol. The topological polar surface area (TPSA) is 80.6 Å². The van der Waals surface area contributed by atoms with E-state index in [4.69, 9.17) is 19.2 Å². The first-order chi connectivity index (χ1) is 16.0. The van der Waals surface area contributed by atoms with Gasteiger partial charge in [-0.3, -0.25) is 9.69 Å². The Hall–Kier alpha value is -3.91. The zero-order valence-corrected chi connectivity index (χ0v) is 19.1. The highest BCUT2D eigenvalue weighted by Gasteiger charge is 2.34. The second-order valence-corrected chi connectivity index (χ2v) is 7.96. The molecule has 3 aromatic rings. The van der Waals surface area contributed by atoms with Crippen LogP contribution in [0.25, 0.3) is 6.08 Å². The third-order valence-electron chi connectivity index (χ3n) is 4.92. The number of rotatable bonds is 6. The number of aromatic hydroxyl groups is 1. The van der Waals surface area contributed by atoms with Gasteiger partial charge in [0.15, 0.2) is 16.7 Å². The van der Waals surface area contributed by atoms with E-state index in [1.807, 2.05) is 54.6 Å². The van der Waals surface area contributed by atoms with Crippen molar-refractivity contribution in [3.05, 3.63) is 77.2 Å². The van der Waals surface area contributed by atoms with Crippen molar-refractivity contribution in [1.29, 1.82) is 0 Å². The van der Waals surface area contributed by atoms with Gasteiger partial charge in [0.25, 0.3) is 5.91 Å². The molecule has 0 bridgehead atoms. The summed E-state index contributed by atoms with van der Waals surface area (Å²) in [6.45, 7) is 0. The van der Waals surface area contributed by atoms with E-state index in [0.29, 0.717) is 27.0 Å². The number of amidine groups is 1. The normalized spacial score (nSPS) is 15.8. The molecule has 0 radical (unpaired) electrons. The van der Waals surface area contributed by atoms with E-state index in [-0.39, 0.29) is 23.2 Å². The quantitative estimate of drug-likeness (QED) is 0.506. The van der Waals surface area contributed by atoms with Crippen molar-refractivity contribution in [2.75, 3.05) is 26.2 Å². The van der Waals surface area contributed by atoms with Gasteiger partial charge in [0.1, 0.15) is 5.75 Å². The van der Waals surface area contributed by atoms with Gasteiger partial charge in [0.2, 0.25) is 5.75 Å². The van der Waals surface area contributed by atoms with Gasteiger partial charge < -0.3 is 19.3 Å². The van der Waals surface area contributed by atoms with Crippen LogP contribution in [0.2, 0.25) is 0 Å². The maximum atomic E-state index is 13.4. The number of hydrogen-bond donors (Lipinski definition) is 1. The minimum absolute atomic E-state index is 0.0970. The molecule has 1 N–H and O–H groups in total. The van der Waals surface area contributed by atoms with Crippen LogP contribution in [0.5, 0.6) is 23.0 Å². The van der Waals surface area contributed by atoms with Crippen molar-refractivity contribution in [2.24, 2.45) is 4.99 Å². The number of hydrogen-bond acceptors (Lipinski definition) is 7. The predicted octanol–water partition coefficient (Wildman–Crippen LogP) is 5.23. The molecule has 0 spiro atoms. The Labute approximate surface area is 195 Å². The number of phenolic OH excluding ortho intramolecular Hbond substituents is 1. The molecule has 4 rings (SSSR count). The molecule has 0 unspecified atom stereocenters. The summed E-state index contributed by atoms with van der Waals surface area (Å²) >= 11 is 1.26. The molecule has 1 aliphatic heterocycles. The number of methoxy groups -OCH3 is 3. The van der Waals surface area contributed by atoms with E-state index in [9.17, 15) is 9.90 Å². The number of carbonyl (C=O) groups is 1. The molecule has 168 valence electrons. The molecule has 0 atom stereocenters. The fraction of sp³-hybridized carbons (Fsp3) is 0.120. The lowest BCUT2D eigenvalue weighted by atomic mass is 10.1. The average Bonchev–Trinajstić information content (AvgIpc) is 3.15. The lowest BCUT2D eigenvalue weighted by Gasteiger charge is -2.15. The van der Waals surface area contributed by atoms with Gasteiger partial charge in [-0.15, -0.1) is 0 Å². The summed E-state index contributed by atoms with van der Waals surface area (Å²) in [4.78, 5) is 20.2. The van der Waals surface area contributed by atoms with E-state index < -0.39 is 0 Å². The molecule has 3 aromatic carbocycles. The van der Waals surface area contributed by atoms with Gasteiger partial charge in [0.05, 0.1) is 37.6 Å². The summed E-state index contributed by atoms with van der Waals surface area (Å²) < 4.78 is 15.7. The van der Waals surface area contributed by atoms with Crippen molar-refractivity contribution in [3.8, 4) is 23.0 Å². The Balaban J connectivity index is 1.77. The first kappa shape index (κ1) is 22.3. The maximum absolute atomic E-state index is 13.4. The van der Waals surface area contributed by atoms with Crippen LogP contribution < -0.4 is 19.1 Å². The van der Waals surface area contributed by atoms with E-state index in [1.165, 1.54) is 26.0 Å². The Bertz CT molecular complexity index is 1200. The maximum Gasteiger partial charge on any atom is 0.271 e. The van der Waals surface area contributed by atoms with Gasteiger partial charge in [-0.25, -0.2) is 4.99 Å². The smallest absolute Gasteiger partial charge is 0.271 e. The number of ether oxygens (including phenoxy) is 3. The highest BCUT2D eigenvalue weighted by atomic mass is 32.2. The van der Waals surface area contributed by atoms with Crippen molar-refractivity contribution in [1.82, 2.24) is 0 Å². The Morgan fingerprint density at radius 1 is 0.909 bits per heavy atom. The van der Waals surface area contributed by atoms with Crippen LogP contribution in [-0.4, -0.2) is 37.5 Å². The molecule has 1 heterocycles. The van der Waals surface area contributed by atoms with E-state index in [1.54, 1.807) is 30.2 Å². The zero-order valence-electron chi connectivity index (χ0n) is 18.3. The largest absolute Gasteiger partial charge is 0.502 e. The van der Waals surface area contributed by atoms with Crippen LogP contribution in [0, 0.1) is 0 Å². The number of benzene rings is 3. The van der Waals surface area contributed by atoms with Crippen LogP contribution in [0.1, 0.15) is 5.56 Å². The SMILES string of the molecule is COc1ccc(N=C2SC(=Cc3cc(OC)c(O)c(OC)c3)C(=O)N2c2ccccc2)cc1. The number of aliphatic imine (C=N–C) groups is 1. The van der Waals surface area contributed by atoms with Crippen molar-refractivity contribution in [2.45, 2.75) is 0 Å². The predicted molar refractivity (Wildman–Crippen MR) is 131 cm³/mol. The molecule has 8 heteroatoms. The van der Waals surface area contributed by atoms with Crippen LogP contribution in [0.15, 0.2) is 76.6 Å². The molecule has 0 aromatic heterocycles. The fourth-order valence-corrected chi connectivity index (χ4v) is 4.27. The number of carbonyl (C=O) groups excluding carboxylic acids is 1. The molecule has 1 fully saturated rings. The summed E-state index contributed by atoms with van der Waals surface area (Å²) in [6, 6.07) is 19.9. The monoisotopic (exact) mass is 462 g/mol. The van der Waals surface area contributed by atoms with Gasteiger partial charge in [-0.2, -0.15) is 0 Å². The lowest BCUT2D eigenvalue weighted by Crippen LogP contribution is -2.28. The Kier molecular flexibility index (Phi) is 6.55. The van der Waals surface area contributed by atoms with E-state index >= 15 is 0 Å². The molecule has 1 aliphatic rings. The molecular formula is C25H22N2O5S. The zero-order chi connectivity index (χ0) is 23.4. The molecule has 33 heavy (non-hydrogen) atoms. The van der Waals surface area contributed by atoms with Crippen LogP contribution in [-0.2, 0) is 4.79 Å². The molecule has 7 nitrogen and oxygen atoms in total.